The molecule has 2 saturated heterocycles. The van der Waals surface area contributed by atoms with Crippen LogP contribution in [0, 0.1) is 11.6 Å². The summed E-state index contributed by atoms with van der Waals surface area (Å²) >= 11 is 0. The summed E-state index contributed by atoms with van der Waals surface area (Å²) in [5.41, 5.74) is 0.617. The van der Waals surface area contributed by atoms with Gasteiger partial charge in [0.2, 0.25) is 29.5 Å². The van der Waals surface area contributed by atoms with Gasteiger partial charge in [-0.3, -0.25) is 29.2 Å². The van der Waals surface area contributed by atoms with E-state index in [0.29, 0.717) is 68.9 Å². The van der Waals surface area contributed by atoms with E-state index in [1.165, 1.54) is 13.2 Å². The molecule has 5 heterocycles. The SMILES string of the molecule is CCN(C)S(=O)(=O)Nc1ccc(F)c(C(=O)c2c[nH]c3ncc(-c4cnc(N5CCN(C(=O)CC6(O)CCC(c7ccc(NC8CCC(=O)NC8=O)cc7)CC6)CC5)nc4)cc23)c1F. The second-order valence-corrected chi connectivity index (χ2v) is 18.3. The average molecular weight is 899 g/mol. The Kier molecular flexibility index (Phi) is 12.4. The first-order valence-corrected chi connectivity index (χ1v) is 22.6. The number of nitrogens with zero attached hydrogens (tertiary/aromatic N) is 6. The highest BCUT2D eigenvalue weighted by molar-refractivity contribution is 7.90. The minimum absolute atomic E-state index is 0.0429. The van der Waals surface area contributed by atoms with Crippen molar-refractivity contribution in [3.63, 3.8) is 0 Å². The number of piperazine rings is 1. The number of H-pyrrole nitrogens is 1. The van der Waals surface area contributed by atoms with Crippen LogP contribution in [-0.4, -0.2) is 118 Å². The summed E-state index contributed by atoms with van der Waals surface area (Å²) in [4.78, 5) is 70.7. The first-order chi connectivity index (χ1) is 30.6. The van der Waals surface area contributed by atoms with Gasteiger partial charge in [0.25, 0.3) is 0 Å². The Labute approximate surface area is 367 Å². The zero-order valence-corrected chi connectivity index (χ0v) is 36.1. The summed E-state index contributed by atoms with van der Waals surface area (Å²) in [6, 6.07) is 10.8. The van der Waals surface area contributed by atoms with E-state index in [-0.39, 0.29) is 53.2 Å². The molecular weight excluding hydrogens is 851 g/mol. The van der Waals surface area contributed by atoms with E-state index in [4.69, 9.17) is 0 Å². The summed E-state index contributed by atoms with van der Waals surface area (Å²) in [7, 11) is -2.87. The number of anilines is 3. The number of carbonyl (C=O) groups is 4. The number of nitrogens with one attached hydrogen (secondary N) is 4. The lowest BCUT2D eigenvalue weighted by Crippen LogP contribution is -2.51. The zero-order valence-electron chi connectivity index (χ0n) is 35.2. The van der Waals surface area contributed by atoms with Crippen LogP contribution in [0.5, 0.6) is 0 Å². The minimum Gasteiger partial charge on any atom is -0.389 e. The number of ketones is 1. The van der Waals surface area contributed by atoms with E-state index < -0.39 is 50.5 Å². The van der Waals surface area contributed by atoms with Crippen molar-refractivity contribution in [2.24, 2.45) is 0 Å². The lowest BCUT2D eigenvalue weighted by Gasteiger charge is -2.39. The Bertz CT molecular complexity index is 2700. The third-order valence-corrected chi connectivity index (χ3v) is 14.0. The third-order valence-electron chi connectivity index (χ3n) is 12.4. The third kappa shape index (κ3) is 9.29. The molecule has 2 aromatic carbocycles. The molecule has 64 heavy (non-hydrogen) atoms. The fourth-order valence-electron chi connectivity index (χ4n) is 8.44. The molecule has 336 valence electrons. The van der Waals surface area contributed by atoms with E-state index in [0.717, 1.165) is 40.5 Å². The topological polar surface area (TPSA) is 223 Å². The molecule has 1 aliphatic carbocycles. The summed E-state index contributed by atoms with van der Waals surface area (Å²) in [5, 5.41) is 17.3. The Balaban J connectivity index is 0.846. The number of amides is 3. The fourth-order valence-corrected chi connectivity index (χ4v) is 9.37. The van der Waals surface area contributed by atoms with E-state index in [9.17, 15) is 32.7 Å². The van der Waals surface area contributed by atoms with Gasteiger partial charge in [-0.1, -0.05) is 19.1 Å². The molecule has 0 spiro atoms. The maximum Gasteiger partial charge on any atom is 0.301 e. The summed E-state index contributed by atoms with van der Waals surface area (Å²) in [6.45, 7) is 3.49. The van der Waals surface area contributed by atoms with Crippen LogP contribution < -0.4 is 20.3 Å². The molecule has 3 fully saturated rings. The first kappa shape index (κ1) is 44.2. The number of pyridine rings is 1. The maximum absolute atomic E-state index is 15.6. The van der Waals surface area contributed by atoms with Crippen LogP contribution in [0.25, 0.3) is 22.2 Å². The lowest BCUT2D eigenvalue weighted by molar-refractivity contribution is -0.138. The molecule has 1 atom stereocenters. The molecule has 3 amide bonds. The molecule has 0 bridgehead atoms. The number of aromatic amines is 1. The molecule has 5 aromatic rings. The Hall–Kier alpha value is -6.38. The Morgan fingerprint density at radius 1 is 0.953 bits per heavy atom. The number of fused-ring (bicyclic) bond motifs is 1. The van der Waals surface area contributed by atoms with E-state index in [1.54, 1.807) is 36.5 Å². The molecule has 17 nitrogen and oxygen atoms in total. The number of halogens is 2. The molecule has 20 heteroatoms. The zero-order chi connectivity index (χ0) is 45.3. The smallest absolute Gasteiger partial charge is 0.301 e. The highest BCUT2D eigenvalue weighted by atomic mass is 32.2. The summed E-state index contributed by atoms with van der Waals surface area (Å²) in [6.07, 6.45) is 9.27. The van der Waals surface area contributed by atoms with Gasteiger partial charge >= 0.3 is 10.2 Å². The van der Waals surface area contributed by atoms with Crippen molar-refractivity contribution in [3.05, 3.63) is 95.6 Å². The van der Waals surface area contributed by atoms with Crippen molar-refractivity contribution in [1.29, 1.82) is 0 Å². The van der Waals surface area contributed by atoms with Crippen LogP contribution in [0.15, 0.2) is 67.3 Å². The van der Waals surface area contributed by atoms with E-state index in [2.05, 4.69) is 35.3 Å². The number of imide groups is 1. The standard InChI is InChI=1S/C44H48F2N10O7S/c1-3-54(2)64(62,63)53-34-9-8-33(45)38(39(34)46)40(59)32-25-48-41-31(32)20-28(22-47-41)29-23-49-43(50-24-29)56-18-16-55(17-19-56)37(58)21-44(61)14-12-27(13-15-44)26-4-6-30(7-5-26)51-35-10-11-36(57)52-42(35)60/h4-9,20,22-25,27,35,51,53,61H,3,10-19,21H2,1-2H3,(H,47,48)(H,52,57,60). The monoisotopic (exact) mass is 898 g/mol. The van der Waals surface area contributed by atoms with Crippen LogP contribution >= 0.6 is 0 Å². The average Bonchev–Trinajstić information content (AvgIpc) is 3.72. The number of aliphatic hydroxyl groups is 1. The van der Waals surface area contributed by atoms with Crippen molar-refractivity contribution in [2.45, 2.75) is 69.4 Å². The van der Waals surface area contributed by atoms with Gasteiger partial charge in [-0.15, -0.1) is 0 Å². The van der Waals surface area contributed by atoms with Crippen molar-refractivity contribution in [3.8, 4) is 11.1 Å². The first-order valence-electron chi connectivity index (χ1n) is 21.1. The Morgan fingerprint density at radius 2 is 1.64 bits per heavy atom. The largest absolute Gasteiger partial charge is 0.389 e. The number of carbonyl (C=O) groups excluding carboxylic acids is 4. The molecular formula is C44H48F2N10O7S. The predicted molar refractivity (Wildman–Crippen MR) is 234 cm³/mol. The second kappa shape index (κ2) is 18.0. The minimum atomic E-state index is -4.16. The maximum atomic E-state index is 15.6. The van der Waals surface area contributed by atoms with Crippen LogP contribution in [0.3, 0.4) is 0 Å². The number of rotatable bonds is 13. The quantitative estimate of drug-likeness (QED) is 0.0816. The lowest BCUT2D eigenvalue weighted by atomic mass is 9.74. The van der Waals surface area contributed by atoms with Gasteiger partial charge < -0.3 is 25.2 Å². The predicted octanol–water partition coefficient (Wildman–Crippen LogP) is 4.48. The van der Waals surface area contributed by atoms with Crippen LogP contribution in [0.2, 0.25) is 0 Å². The van der Waals surface area contributed by atoms with Gasteiger partial charge in [0, 0.05) is 98.7 Å². The number of benzene rings is 2. The summed E-state index contributed by atoms with van der Waals surface area (Å²) < 4.78 is 58.7. The van der Waals surface area contributed by atoms with Crippen molar-refractivity contribution in [2.75, 3.05) is 54.7 Å². The molecule has 1 unspecified atom stereocenters. The van der Waals surface area contributed by atoms with Crippen molar-refractivity contribution >= 4 is 62.1 Å². The van der Waals surface area contributed by atoms with Crippen molar-refractivity contribution < 1.29 is 41.5 Å². The van der Waals surface area contributed by atoms with E-state index in [1.807, 2.05) is 29.2 Å². The van der Waals surface area contributed by atoms with E-state index >= 15 is 8.78 Å². The molecule has 3 aliphatic rings. The highest BCUT2D eigenvalue weighted by Gasteiger charge is 2.38. The van der Waals surface area contributed by atoms with Crippen LogP contribution in [0.4, 0.5) is 26.1 Å². The molecule has 0 radical (unpaired) electrons. The van der Waals surface area contributed by atoms with Gasteiger partial charge in [0.1, 0.15) is 17.5 Å². The molecule has 3 aromatic heterocycles. The number of aromatic nitrogens is 4. The highest BCUT2D eigenvalue weighted by Crippen LogP contribution is 2.40. The number of hydrogen-bond donors (Lipinski definition) is 5. The van der Waals surface area contributed by atoms with Gasteiger partial charge in [0.05, 0.1) is 23.3 Å². The van der Waals surface area contributed by atoms with Crippen LogP contribution in [-0.2, 0) is 24.6 Å². The van der Waals surface area contributed by atoms with Gasteiger partial charge in [-0.05, 0) is 73.9 Å². The molecule has 2 aliphatic heterocycles. The van der Waals surface area contributed by atoms with Gasteiger partial charge in [-0.25, -0.2) is 23.7 Å². The summed E-state index contributed by atoms with van der Waals surface area (Å²) in [5.74, 6) is -3.53. The fraction of sp³-hybridized carbons (Fsp3) is 0.386. The number of piperidine rings is 1. The van der Waals surface area contributed by atoms with Crippen molar-refractivity contribution in [1.82, 2.24) is 34.5 Å². The normalized spacial score (nSPS) is 20.7. The number of hydrogen-bond acceptors (Lipinski definition) is 12. The van der Waals surface area contributed by atoms with Gasteiger partial charge in [0.15, 0.2) is 5.82 Å². The van der Waals surface area contributed by atoms with Crippen LogP contribution in [0.1, 0.15) is 79.3 Å². The molecule has 1 saturated carbocycles. The second-order valence-electron chi connectivity index (χ2n) is 16.5. The Morgan fingerprint density at radius 3 is 2.31 bits per heavy atom. The molecule has 8 rings (SSSR count). The van der Waals surface area contributed by atoms with Gasteiger partial charge in [-0.2, -0.15) is 12.7 Å². The molecule has 5 N–H and O–H groups in total.